The number of carbonyl (C=O) groups is 1. The topological polar surface area (TPSA) is 56.0 Å². The molecule has 3 nitrogen and oxygen atoms in total. The molecule has 2 N–H and O–H groups in total. The van der Waals surface area contributed by atoms with Gasteiger partial charge in [-0.3, -0.25) is 4.79 Å². The maximum absolute atomic E-state index is 12.2. The van der Waals surface area contributed by atoms with E-state index in [1.807, 2.05) is 49.6 Å². The highest BCUT2D eigenvalue weighted by atomic mass is 32.1. The lowest BCUT2D eigenvalue weighted by atomic mass is 9.91. The minimum absolute atomic E-state index is 0.144. The van der Waals surface area contributed by atoms with Crippen molar-refractivity contribution in [1.82, 2.24) is 4.98 Å². The molecule has 2 unspecified atom stereocenters. The second-order valence-electron chi connectivity index (χ2n) is 4.75. The summed E-state index contributed by atoms with van der Waals surface area (Å²) in [6, 6.07) is 9.49. The van der Waals surface area contributed by atoms with Crippen LogP contribution in [0.5, 0.6) is 0 Å². The van der Waals surface area contributed by atoms with Crippen LogP contribution in [0, 0.1) is 12.8 Å². The van der Waals surface area contributed by atoms with Gasteiger partial charge in [0.25, 0.3) is 0 Å². The molecule has 2 aromatic rings. The van der Waals surface area contributed by atoms with Crippen LogP contribution >= 0.6 is 11.3 Å². The van der Waals surface area contributed by atoms with E-state index in [0.29, 0.717) is 6.42 Å². The predicted octanol–water partition coefficient (Wildman–Crippen LogP) is 2.90. The average molecular weight is 274 g/mol. The number of hydrogen-bond donors (Lipinski definition) is 1. The van der Waals surface area contributed by atoms with Crippen molar-refractivity contribution in [3.8, 4) is 0 Å². The predicted molar refractivity (Wildman–Crippen MR) is 78.1 cm³/mol. The van der Waals surface area contributed by atoms with E-state index in [-0.39, 0.29) is 17.7 Å². The Labute approximate surface area is 117 Å². The van der Waals surface area contributed by atoms with Gasteiger partial charge in [-0.25, -0.2) is 4.98 Å². The van der Waals surface area contributed by atoms with Gasteiger partial charge >= 0.3 is 0 Å². The van der Waals surface area contributed by atoms with Gasteiger partial charge in [0.2, 0.25) is 0 Å². The molecule has 0 aliphatic carbocycles. The van der Waals surface area contributed by atoms with E-state index >= 15 is 0 Å². The van der Waals surface area contributed by atoms with Crippen molar-refractivity contribution in [3.05, 3.63) is 52.0 Å². The zero-order valence-corrected chi connectivity index (χ0v) is 12.0. The van der Waals surface area contributed by atoms with Crippen molar-refractivity contribution >= 4 is 17.1 Å². The van der Waals surface area contributed by atoms with E-state index in [0.717, 1.165) is 16.3 Å². The van der Waals surface area contributed by atoms with Gasteiger partial charge in [-0.1, -0.05) is 37.3 Å². The monoisotopic (exact) mass is 274 g/mol. The third-order valence-corrected chi connectivity index (χ3v) is 4.19. The molecule has 0 fully saturated rings. The van der Waals surface area contributed by atoms with Gasteiger partial charge in [0.05, 0.1) is 6.42 Å². The largest absolute Gasteiger partial charge is 0.323 e. The van der Waals surface area contributed by atoms with E-state index in [2.05, 4.69) is 4.98 Å². The molecule has 1 aromatic carbocycles. The minimum Gasteiger partial charge on any atom is -0.323 e. The summed E-state index contributed by atoms with van der Waals surface area (Å²) in [6.07, 6.45) is 0.375. The first-order valence-corrected chi connectivity index (χ1v) is 7.20. The number of thiazole rings is 1. The van der Waals surface area contributed by atoms with Gasteiger partial charge in [-0.15, -0.1) is 11.3 Å². The molecule has 100 valence electrons. The van der Waals surface area contributed by atoms with E-state index in [9.17, 15) is 4.79 Å². The molecule has 0 aliphatic heterocycles. The first-order chi connectivity index (χ1) is 9.08. The quantitative estimate of drug-likeness (QED) is 0.912. The van der Waals surface area contributed by atoms with E-state index in [4.69, 9.17) is 5.73 Å². The van der Waals surface area contributed by atoms with E-state index in [1.165, 1.54) is 11.3 Å². The zero-order chi connectivity index (χ0) is 13.8. The highest BCUT2D eigenvalue weighted by Crippen LogP contribution is 2.22. The molecule has 0 amide bonds. The van der Waals surface area contributed by atoms with Crippen LogP contribution < -0.4 is 5.73 Å². The van der Waals surface area contributed by atoms with Gasteiger partial charge in [0.15, 0.2) is 0 Å². The summed E-state index contributed by atoms with van der Waals surface area (Å²) in [6.45, 7) is 3.82. The van der Waals surface area contributed by atoms with Crippen molar-refractivity contribution in [3.63, 3.8) is 0 Å². The number of nitrogens with two attached hydrogens (primary N) is 1. The molecule has 1 aromatic heterocycles. The minimum atomic E-state index is -0.255. The summed E-state index contributed by atoms with van der Waals surface area (Å²) in [7, 11) is 0. The number of Topliss-reactive ketones (excluding diaryl/α,β-unsaturated/α-hetero) is 1. The van der Waals surface area contributed by atoms with Crippen molar-refractivity contribution in [2.45, 2.75) is 26.3 Å². The molecule has 0 aliphatic rings. The van der Waals surface area contributed by atoms with Gasteiger partial charge < -0.3 is 5.73 Å². The highest BCUT2D eigenvalue weighted by Gasteiger charge is 2.22. The van der Waals surface area contributed by atoms with E-state index in [1.54, 1.807) is 0 Å². The molecule has 0 saturated heterocycles. The molecular formula is C15H18N2OS. The Morgan fingerprint density at radius 3 is 2.63 bits per heavy atom. The Morgan fingerprint density at radius 1 is 1.37 bits per heavy atom. The van der Waals surface area contributed by atoms with Crippen LogP contribution in [0.25, 0.3) is 0 Å². The molecule has 4 heteroatoms. The summed E-state index contributed by atoms with van der Waals surface area (Å²) >= 11 is 1.53. The van der Waals surface area contributed by atoms with Crippen LogP contribution in [0.1, 0.15) is 29.2 Å². The number of benzene rings is 1. The number of hydrogen-bond acceptors (Lipinski definition) is 4. The SMILES string of the molecule is Cc1csc(CC(=O)C(C)C(N)c2ccccc2)n1. The standard InChI is InChI=1S/C15H18N2OS/c1-10-9-19-14(17-10)8-13(18)11(2)15(16)12-6-4-3-5-7-12/h3-7,9,11,15H,8,16H2,1-2H3. The first kappa shape index (κ1) is 13.9. The molecular weight excluding hydrogens is 256 g/mol. The van der Waals surface area contributed by atoms with Crippen LogP contribution in [0.15, 0.2) is 35.7 Å². The number of aryl methyl sites for hydroxylation is 1. The van der Waals surface area contributed by atoms with E-state index < -0.39 is 0 Å². The average Bonchev–Trinajstić information content (AvgIpc) is 2.83. The fraction of sp³-hybridized carbons (Fsp3) is 0.333. The third-order valence-electron chi connectivity index (χ3n) is 3.22. The maximum atomic E-state index is 12.2. The lowest BCUT2D eigenvalue weighted by Crippen LogP contribution is -2.27. The Morgan fingerprint density at radius 2 is 2.05 bits per heavy atom. The lowest BCUT2D eigenvalue weighted by Gasteiger charge is -2.18. The Bertz CT molecular complexity index is 550. The molecule has 0 saturated carbocycles. The smallest absolute Gasteiger partial charge is 0.144 e. The zero-order valence-electron chi connectivity index (χ0n) is 11.2. The highest BCUT2D eigenvalue weighted by molar-refractivity contribution is 7.09. The van der Waals surface area contributed by atoms with Crippen molar-refractivity contribution < 1.29 is 4.79 Å². The van der Waals surface area contributed by atoms with Gasteiger partial charge in [-0.2, -0.15) is 0 Å². The molecule has 2 rings (SSSR count). The molecule has 2 atom stereocenters. The Kier molecular flexibility index (Phi) is 4.45. The maximum Gasteiger partial charge on any atom is 0.144 e. The summed E-state index contributed by atoms with van der Waals surface area (Å²) in [5, 5.41) is 2.83. The Balaban J connectivity index is 2.03. The normalized spacial score (nSPS) is 14.1. The molecule has 0 spiro atoms. The van der Waals surface area contributed by atoms with Crippen LogP contribution in [0.3, 0.4) is 0 Å². The summed E-state index contributed by atoms with van der Waals surface area (Å²) in [5.74, 6) is -0.0580. The fourth-order valence-corrected chi connectivity index (χ4v) is 2.74. The van der Waals surface area contributed by atoms with Crippen LogP contribution in [-0.4, -0.2) is 10.8 Å². The first-order valence-electron chi connectivity index (χ1n) is 6.32. The van der Waals surface area contributed by atoms with Crippen molar-refractivity contribution in [2.75, 3.05) is 0 Å². The number of rotatable bonds is 5. The lowest BCUT2D eigenvalue weighted by molar-refractivity contribution is -0.122. The molecule has 0 radical (unpaired) electrons. The number of carbonyl (C=O) groups excluding carboxylic acids is 1. The summed E-state index contributed by atoms with van der Waals surface area (Å²) < 4.78 is 0. The molecule has 1 heterocycles. The summed E-state index contributed by atoms with van der Waals surface area (Å²) in [4.78, 5) is 16.5. The van der Waals surface area contributed by atoms with Gasteiger partial charge in [-0.05, 0) is 12.5 Å². The fourth-order valence-electron chi connectivity index (χ4n) is 1.96. The van der Waals surface area contributed by atoms with Crippen molar-refractivity contribution in [2.24, 2.45) is 11.7 Å². The van der Waals surface area contributed by atoms with Gasteiger partial charge in [0, 0.05) is 23.0 Å². The number of ketones is 1. The Hall–Kier alpha value is -1.52. The number of aromatic nitrogens is 1. The van der Waals surface area contributed by atoms with Crippen LogP contribution in [0.2, 0.25) is 0 Å². The second kappa shape index (κ2) is 6.08. The molecule has 0 bridgehead atoms. The van der Waals surface area contributed by atoms with Crippen LogP contribution in [0.4, 0.5) is 0 Å². The van der Waals surface area contributed by atoms with Crippen LogP contribution in [-0.2, 0) is 11.2 Å². The molecule has 19 heavy (non-hydrogen) atoms. The summed E-state index contributed by atoms with van der Waals surface area (Å²) in [5.41, 5.74) is 8.12. The van der Waals surface area contributed by atoms with Crippen molar-refractivity contribution in [1.29, 1.82) is 0 Å². The number of nitrogens with zero attached hydrogens (tertiary/aromatic N) is 1. The van der Waals surface area contributed by atoms with Gasteiger partial charge in [0.1, 0.15) is 10.8 Å². The third kappa shape index (κ3) is 3.49. The second-order valence-corrected chi connectivity index (χ2v) is 5.69.